The van der Waals surface area contributed by atoms with Gasteiger partial charge in [-0.25, -0.2) is 28.1 Å². The van der Waals surface area contributed by atoms with Gasteiger partial charge in [-0.1, -0.05) is 25.1 Å². The molecule has 2 fully saturated rings. The quantitative estimate of drug-likeness (QED) is 0.425. The fourth-order valence-electron chi connectivity index (χ4n) is 5.12. The van der Waals surface area contributed by atoms with Crippen LogP contribution in [0.3, 0.4) is 0 Å². The second kappa shape index (κ2) is 9.25. The molecule has 1 N–H and O–H groups in total. The number of nitrogens with one attached hydrogen (secondary N) is 1. The zero-order valence-electron chi connectivity index (χ0n) is 21.6. The van der Waals surface area contributed by atoms with E-state index in [1.165, 1.54) is 18.2 Å². The van der Waals surface area contributed by atoms with Crippen LogP contribution in [-0.4, -0.2) is 39.0 Å². The van der Waals surface area contributed by atoms with Crippen LogP contribution in [0.25, 0.3) is 11.0 Å². The second-order valence-electron chi connectivity index (χ2n) is 10.5. The number of hydrogen-bond donors (Lipinski definition) is 1. The first kappa shape index (κ1) is 25.4. The maximum atomic E-state index is 15.4. The van der Waals surface area contributed by atoms with Gasteiger partial charge >= 0.3 is 0 Å². The Balaban J connectivity index is 1.44. The van der Waals surface area contributed by atoms with Crippen LogP contribution >= 0.6 is 0 Å². The molecule has 0 spiro atoms. The highest BCUT2D eigenvalue weighted by Gasteiger charge is 2.50. The number of benzene rings is 1. The first-order valence-corrected chi connectivity index (χ1v) is 12.8. The predicted octanol–water partition coefficient (Wildman–Crippen LogP) is 5.63. The predicted molar refractivity (Wildman–Crippen MR) is 136 cm³/mol. The fraction of sp³-hybridized carbons (Fsp3) is 0.500. The Kier molecular flexibility index (Phi) is 6.35. The lowest BCUT2D eigenvalue weighted by molar-refractivity contribution is -0.132. The number of aromatic nitrogens is 3. The van der Waals surface area contributed by atoms with Crippen molar-refractivity contribution in [2.45, 2.75) is 70.9 Å². The average molecular weight is 509 g/mol. The molecule has 0 bridgehead atoms. The number of likely N-dealkylation sites (tertiary alicyclic amines) is 1. The molecule has 3 heterocycles. The number of fused-ring (bicyclic) bond motifs is 1. The third-order valence-electron chi connectivity index (χ3n) is 7.73. The number of nitriles is 1. The number of pyridine rings is 1. The number of hydrogen-bond acceptors (Lipinski definition) is 6. The second-order valence-corrected chi connectivity index (χ2v) is 10.5. The van der Waals surface area contributed by atoms with Gasteiger partial charge in [0, 0.05) is 36.9 Å². The van der Waals surface area contributed by atoms with E-state index in [4.69, 9.17) is 4.98 Å². The van der Waals surface area contributed by atoms with Crippen molar-refractivity contribution in [3.05, 3.63) is 58.3 Å². The molecule has 9 heteroatoms. The summed E-state index contributed by atoms with van der Waals surface area (Å²) in [7, 11) is 0. The minimum absolute atomic E-state index is 0.0294. The first-order chi connectivity index (χ1) is 17.6. The van der Waals surface area contributed by atoms with E-state index in [0.717, 1.165) is 24.1 Å². The lowest BCUT2D eigenvalue weighted by Gasteiger charge is -2.45. The lowest BCUT2D eigenvalue weighted by atomic mass is 9.86. The summed E-state index contributed by atoms with van der Waals surface area (Å²) < 4.78 is 45.9. The van der Waals surface area contributed by atoms with E-state index >= 15 is 13.2 Å². The molecule has 0 unspecified atom stereocenters. The zero-order valence-corrected chi connectivity index (χ0v) is 21.6. The summed E-state index contributed by atoms with van der Waals surface area (Å²) in [4.78, 5) is 15.6. The lowest BCUT2D eigenvalue weighted by Crippen LogP contribution is -2.56. The maximum Gasteiger partial charge on any atom is 0.281 e. The summed E-state index contributed by atoms with van der Waals surface area (Å²) >= 11 is 0. The SMILES string of the molecule is CCc1nc2nc(C)nc(NCc3cccc(C(F)(F)C4CN(C(C)C)C4)c3F)c2cc1C1(C#N)CC1. The Morgan fingerprint density at radius 3 is 2.57 bits per heavy atom. The molecule has 3 aromatic rings. The minimum atomic E-state index is -3.26. The number of rotatable bonds is 8. The van der Waals surface area contributed by atoms with Crippen molar-refractivity contribution in [1.29, 1.82) is 5.26 Å². The van der Waals surface area contributed by atoms with Gasteiger partial charge in [-0.15, -0.1) is 0 Å². The summed E-state index contributed by atoms with van der Waals surface area (Å²) in [5.74, 6) is -4.13. The van der Waals surface area contributed by atoms with Crippen LogP contribution in [0.15, 0.2) is 24.3 Å². The molecule has 2 aromatic heterocycles. The molecule has 1 aromatic carbocycles. The highest BCUT2D eigenvalue weighted by Crippen LogP contribution is 2.49. The van der Waals surface area contributed by atoms with E-state index < -0.39 is 28.6 Å². The summed E-state index contributed by atoms with van der Waals surface area (Å²) in [6.07, 6.45) is 2.23. The van der Waals surface area contributed by atoms with Gasteiger partial charge in [0.2, 0.25) is 0 Å². The molecule has 1 aliphatic heterocycles. The third-order valence-corrected chi connectivity index (χ3v) is 7.73. The fourth-order valence-corrected chi connectivity index (χ4v) is 5.12. The molecular formula is C28H31F3N6. The molecule has 6 nitrogen and oxygen atoms in total. The van der Waals surface area contributed by atoms with Crippen LogP contribution in [-0.2, 0) is 24.3 Å². The summed E-state index contributed by atoms with van der Waals surface area (Å²) in [6.45, 7) is 8.13. The van der Waals surface area contributed by atoms with Crippen molar-refractivity contribution in [2.24, 2.45) is 5.92 Å². The number of alkyl halides is 2. The van der Waals surface area contributed by atoms with Gasteiger partial charge in [0.1, 0.15) is 17.5 Å². The minimum Gasteiger partial charge on any atom is -0.365 e. The largest absolute Gasteiger partial charge is 0.365 e. The molecule has 2 aliphatic rings. The summed E-state index contributed by atoms with van der Waals surface area (Å²) in [5, 5.41) is 13.5. The monoisotopic (exact) mass is 508 g/mol. The number of anilines is 1. The Morgan fingerprint density at radius 1 is 1.22 bits per heavy atom. The normalized spacial score (nSPS) is 17.6. The third kappa shape index (κ3) is 4.42. The van der Waals surface area contributed by atoms with Gasteiger partial charge < -0.3 is 5.32 Å². The Hall–Kier alpha value is -3.25. The van der Waals surface area contributed by atoms with Crippen LogP contribution < -0.4 is 5.32 Å². The van der Waals surface area contributed by atoms with Crippen molar-refractivity contribution in [1.82, 2.24) is 19.9 Å². The molecule has 1 saturated heterocycles. The summed E-state index contributed by atoms with van der Waals surface area (Å²) in [6, 6.07) is 8.69. The zero-order chi connectivity index (χ0) is 26.5. The average Bonchev–Trinajstić information content (AvgIpc) is 3.62. The first-order valence-electron chi connectivity index (χ1n) is 12.8. The molecule has 0 amide bonds. The van der Waals surface area contributed by atoms with E-state index in [1.54, 1.807) is 6.92 Å². The maximum absolute atomic E-state index is 15.4. The highest BCUT2D eigenvalue weighted by molar-refractivity contribution is 5.87. The molecule has 0 atom stereocenters. The van der Waals surface area contributed by atoms with Crippen molar-refractivity contribution < 1.29 is 13.2 Å². The standard InChI is InChI=1S/C28H31F3N6/c1-5-23-22(27(15-32)9-10-27)11-20-25(34-17(4)35-26(20)36-23)33-12-18-7-6-8-21(24(18)29)28(30,31)19-13-37(14-19)16(2)3/h6-8,11,16,19H,5,9-10,12-14H2,1-4H3,(H,33,34,35,36). The van der Waals surface area contributed by atoms with Crippen LogP contribution in [0.5, 0.6) is 0 Å². The molecule has 5 rings (SSSR count). The number of aryl methyl sites for hydroxylation is 2. The van der Waals surface area contributed by atoms with Crippen LogP contribution in [0.2, 0.25) is 0 Å². The van der Waals surface area contributed by atoms with Crippen molar-refractivity contribution >= 4 is 16.9 Å². The smallest absolute Gasteiger partial charge is 0.281 e. The molecular weight excluding hydrogens is 477 g/mol. The van der Waals surface area contributed by atoms with E-state index in [1.807, 2.05) is 31.7 Å². The molecule has 37 heavy (non-hydrogen) atoms. The van der Waals surface area contributed by atoms with Gasteiger partial charge in [-0.05, 0) is 51.7 Å². The number of halogens is 3. The topological polar surface area (TPSA) is 77.7 Å². The van der Waals surface area contributed by atoms with Gasteiger partial charge in [0.05, 0.1) is 28.4 Å². The van der Waals surface area contributed by atoms with Crippen LogP contribution in [0.1, 0.15) is 61.8 Å². The summed E-state index contributed by atoms with van der Waals surface area (Å²) in [5.41, 5.74) is 1.24. The Bertz CT molecular complexity index is 1390. The Labute approximate surface area is 214 Å². The van der Waals surface area contributed by atoms with Crippen molar-refractivity contribution in [3.8, 4) is 6.07 Å². The van der Waals surface area contributed by atoms with Crippen molar-refractivity contribution in [2.75, 3.05) is 18.4 Å². The molecule has 1 aliphatic carbocycles. The molecule has 194 valence electrons. The van der Waals surface area contributed by atoms with Gasteiger partial charge in [-0.2, -0.15) is 5.26 Å². The van der Waals surface area contributed by atoms with E-state index in [0.29, 0.717) is 29.1 Å². The Morgan fingerprint density at radius 2 is 1.95 bits per heavy atom. The van der Waals surface area contributed by atoms with Crippen LogP contribution in [0.4, 0.5) is 19.0 Å². The van der Waals surface area contributed by atoms with E-state index in [-0.39, 0.29) is 31.2 Å². The molecule has 0 radical (unpaired) electrons. The van der Waals surface area contributed by atoms with E-state index in [9.17, 15) is 5.26 Å². The van der Waals surface area contributed by atoms with Crippen LogP contribution in [0, 0.1) is 30.0 Å². The van der Waals surface area contributed by atoms with Gasteiger partial charge in [0.15, 0.2) is 5.65 Å². The van der Waals surface area contributed by atoms with Crippen molar-refractivity contribution in [3.63, 3.8) is 0 Å². The van der Waals surface area contributed by atoms with Gasteiger partial charge in [0.25, 0.3) is 5.92 Å². The molecule has 1 saturated carbocycles. The van der Waals surface area contributed by atoms with E-state index in [2.05, 4.69) is 21.4 Å². The highest BCUT2D eigenvalue weighted by atomic mass is 19.3. The number of nitrogens with zero attached hydrogens (tertiary/aromatic N) is 5. The van der Waals surface area contributed by atoms with Gasteiger partial charge in [-0.3, -0.25) is 4.90 Å².